The molecule has 0 bridgehead atoms. The van der Waals surface area contributed by atoms with E-state index in [-0.39, 0.29) is 5.78 Å². The van der Waals surface area contributed by atoms with Crippen LogP contribution in [0.25, 0.3) is 0 Å². The molecule has 0 fully saturated rings. The average Bonchev–Trinajstić information content (AvgIpc) is 3.10. The Balaban J connectivity index is 2.06. The lowest BCUT2D eigenvalue weighted by Crippen LogP contribution is -2.14. The van der Waals surface area contributed by atoms with E-state index in [0.29, 0.717) is 24.4 Å². The highest BCUT2D eigenvalue weighted by Crippen LogP contribution is 2.34. The molecular formula is C16H18N2O3S. The van der Waals surface area contributed by atoms with Crippen LogP contribution in [0.1, 0.15) is 39.8 Å². The van der Waals surface area contributed by atoms with E-state index >= 15 is 0 Å². The number of aromatic nitrogens is 2. The average molecular weight is 318 g/mol. The zero-order valence-corrected chi connectivity index (χ0v) is 13.6. The normalized spacial score (nSPS) is 16.8. The number of aryl methyl sites for hydroxylation is 1. The molecule has 1 aliphatic heterocycles. The second-order valence-electron chi connectivity index (χ2n) is 5.58. The summed E-state index contributed by atoms with van der Waals surface area (Å²) in [4.78, 5) is 24.2. The van der Waals surface area contributed by atoms with Gasteiger partial charge in [-0.3, -0.25) is 9.59 Å². The number of thioether (sulfide) groups is 1. The van der Waals surface area contributed by atoms with Gasteiger partial charge in [-0.05, 0) is 43.4 Å². The number of aliphatic carboxylic acids is 1. The third kappa shape index (κ3) is 2.09. The maximum Gasteiger partial charge on any atom is 0.312 e. The van der Waals surface area contributed by atoms with Crippen LogP contribution in [-0.4, -0.2) is 32.2 Å². The van der Waals surface area contributed by atoms with Crippen molar-refractivity contribution in [1.29, 1.82) is 0 Å². The maximum atomic E-state index is 12.9. The molecule has 0 aromatic carbocycles. The largest absolute Gasteiger partial charge is 0.481 e. The summed E-state index contributed by atoms with van der Waals surface area (Å²) in [6.07, 6.45) is 2.52. The van der Waals surface area contributed by atoms with Gasteiger partial charge in [0.15, 0.2) is 0 Å². The first-order valence-corrected chi connectivity index (χ1v) is 8.35. The fraction of sp³-hybridized carbons (Fsp3) is 0.375. The highest BCUT2D eigenvalue weighted by atomic mass is 32.2. The molecule has 0 saturated heterocycles. The van der Waals surface area contributed by atoms with Crippen LogP contribution in [0.15, 0.2) is 23.2 Å². The molecule has 0 radical (unpaired) electrons. The van der Waals surface area contributed by atoms with Crippen molar-refractivity contribution in [3.05, 3.63) is 40.8 Å². The summed E-state index contributed by atoms with van der Waals surface area (Å²) in [6.45, 7) is 2.46. The summed E-state index contributed by atoms with van der Waals surface area (Å²) in [5.41, 5.74) is 2.84. The minimum atomic E-state index is -0.821. The van der Waals surface area contributed by atoms with Gasteiger partial charge in [-0.2, -0.15) is 0 Å². The van der Waals surface area contributed by atoms with Crippen LogP contribution in [0, 0.1) is 6.92 Å². The van der Waals surface area contributed by atoms with E-state index in [0.717, 1.165) is 16.3 Å². The van der Waals surface area contributed by atoms with Crippen LogP contribution in [0.5, 0.6) is 0 Å². The molecule has 6 heteroatoms. The molecule has 0 spiro atoms. The lowest BCUT2D eigenvalue weighted by atomic mass is 10.0. The molecule has 3 rings (SSSR count). The summed E-state index contributed by atoms with van der Waals surface area (Å²) in [7, 11) is 1.88. The van der Waals surface area contributed by atoms with Crippen LogP contribution in [0.3, 0.4) is 0 Å². The number of ketones is 1. The Morgan fingerprint density at radius 3 is 2.68 bits per heavy atom. The zero-order chi connectivity index (χ0) is 16.0. The molecule has 0 saturated carbocycles. The zero-order valence-electron chi connectivity index (χ0n) is 12.8. The predicted octanol–water partition coefficient (Wildman–Crippen LogP) is 2.66. The second kappa shape index (κ2) is 5.35. The Hall–Kier alpha value is -1.95. The fourth-order valence-corrected chi connectivity index (χ4v) is 3.82. The number of carboxylic acids is 1. The Bertz CT molecular complexity index is 773. The van der Waals surface area contributed by atoms with Crippen LogP contribution in [-0.2, 0) is 18.4 Å². The van der Waals surface area contributed by atoms with Crippen molar-refractivity contribution >= 4 is 23.5 Å². The molecule has 116 valence electrons. The van der Waals surface area contributed by atoms with E-state index in [1.165, 1.54) is 0 Å². The van der Waals surface area contributed by atoms with Crippen molar-refractivity contribution in [2.45, 2.75) is 30.8 Å². The third-order valence-corrected chi connectivity index (χ3v) is 5.18. The Kier molecular flexibility index (Phi) is 3.64. The molecule has 22 heavy (non-hydrogen) atoms. The molecular weight excluding hydrogens is 300 g/mol. The second-order valence-corrected chi connectivity index (χ2v) is 6.41. The Morgan fingerprint density at radius 2 is 2.09 bits per heavy atom. The standard InChI is InChI=1S/C16H18N2O3S/c1-9-8-12-10(16(20)21)6-7-18(12)14(9)15(19)11-4-5-13(22-3)17(11)2/h4-5,8,10H,6-7H2,1-3H3,(H,20,21). The number of fused-ring (bicyclic) bond motifs is 1. The minimum absolute atomic E-state index is 0.0439. The van der Waals surface area contributed by atoms with Crippen LogP contribution >= 0.6 is 11.8 Å². The number of nitrogens with zero attached hydrogens (tertiary/aromatic N) is 2. The molecule has 0 aliphatic carbocycles. The molecule has 1 unspecified atom stereocenters. The van der Waals surface area contributed by atoms with Gasteiger partial charge in [0.05, 0.1) is 22.3 Å². The maximum absolute atomic E-state index is 12.9. The third-order valence-electron chi connectivity index (χ3n) is 4.35. The number of hydrogen-bond acceptors (Lipinski definition) is 3. The van der Waals surface area contributed by atoms with E-state index in [9.17, 15) is 14.7 Å². The van der Waals surface area contributed by atoms with E-state index < -0.39 is 11.9 Å². The number of carbonyl (C=O) groups excluding carboxylic acids is 1. The van der Waals surface area contributed by atoms with E-state index in [1.54, 1.807) is 11.8 Å². The van der Waals surface area contributed by atoms with Gasteiger partial charge in [0, 0.05) is 19.3 Å². The van der Waals surface area contributed by atoms with Gasteiger partial charge in [0.2, 0.25) is 5.78 Å². The molecule has 2 aromatic heterocycles. The number of carbonyl (C=O) groups is 2. The Morgan fingerprint density at radius 1 is 1.36 bits per heavy atom. The summed E-state index contributed by atoms with van der Waals surface area (Å²) in [5, 5.41) is 10.3. The summed E-state index contributed by atoms with van der Waals surface area (Å²) in [5.74, 6) is -1.37. The highest BCUT2D eigenvalue weighted by molar-refractivity contribution is 7.98. The van der Waals surface area contributed by atoms with Gasteiger partial charge in [0.25, 0.3) is 0 Å². The van der Waals surface area contributed by atoms with Crippen molar-refractivity contribution in [2.24, 2.45) is 7.05 Å². The molecule has 2 aromatic rings. The van der Waals surface area contributed by atoms with Crippen LogP contribution in [0.4, 0.5) is 0 Å². The molecule has 1 atom stereocenters. The van der Waals surface area contributed by atoms with Gasteiger partial charge in [0.1, 0.15) is 0 Å². The summed E-state index contributed by atoms with van der Waals surface area (Å²) < 4.78 is 3.76. The number of carboxylic acid groups (broad SMARTS) is 1. The van der Waals surface area contributed by atoms with Crippen molar-refractivity contribution < 1.29 is 14.7 Å². The highest BCUT2D eigenvalue weighted by Gasteiger charge is 2.33. The van der Waals surface area contributed by atoms with Crippen LogP contribution < -0.4 is 0 Å². The SMILES string of the molecule is CSc1ccc(C(=O)c2c(C)cc3n2CCC3C(=O)O)n1C. The topological polar surface area (TPSA) is 64.2 Å². The lowest BCUT2D eigenvalue weighted by Gasteiger charge is -2.09. The molecule has 1 N–H and O–H groups in total. The predicted molar refractivity (Wildman–Crippen MR) is 84.8 cm³/mol. The van der Waals surface area contributed by atoms with Crippen molar-refractivity contribution in [3.63, 3.8) is 0 Å². The molecule has 3 heterocycles. The first-order chi connectivity index (χ1) is 10.5. The lowest BCUT2D eigenvalue weighted by molar-refractivity contribution is -0.138. The smallest absolute Gasteiger partial charge is 0.312 e. The minimum Gasteiger partial charge on any atom is -0.481 e. The summed E-state index contributed by atoms with van der Waals surface area (Å²) in [6, 6.07) is 5.61. The fourth-order valence-electron chi connectivity index (χ4n) is 3.24. The number of rotatable bonds is 4. The number of hydrogen-bond donors (Lipinski definition) is 1. The quantitative estimate of drug-likeness (QED) is 0.695. The Labute approximate surface area is 132 Å². The van der Waals surface area contributed by atoms with E-state index in [4.69, 9.17) is 0 Å². The molecule has 0 amide bonds. The van der Waals surface area contributed by atoms with Crippen LogP contribution in [0.2, 0.25) is 0 Å². The van der Waals surface area contributed by atoms with E-state index in [2.05, 4.69) is 0 Å². The first kappa shape index (κ1) is 15.0. The first-order valence-electron chi connectivity index (χ1n) is 7.13. The van der Waals surface area contributed by atoms with Gasteiger partial charge < -0.3 is 14.2 Å². The molecule has 5 nitrogen and oxygen atoms in total. The van der Waals surface area contributed by atoms with Gasteiger partial charge >= 0.3 is 5.97 Å². The van der Waals surface area contributed by atoms with E-state index in [1.807, 2.05) is 47.6 Å². The van der Waals surface area contributed by atoms with Crippen molar-refractivity contribution in [2.75, 3.05) is 6.26 Å². The van der Waals surface area contributed by atoms with Gasteiger partial charge in [-0.25, -0.2) is 0 Å². The van der Waals surface area contributed by atoms with Crippen molar-refractivity contribution in [3.8, 4) is 0 Å². The summed E-state index contributed by atoms with van der Waals surface area (Å²) >= 11 is 1.59. The van der Waals surface area contributed by atoms with Crippen molar-refractivity contribution in [1.82, 2.24) is 9.13 Å². The monoisotopic (exact) mass is 318 g/mol. The van der Waals surface area contributed by atoms with Gasteiger partial charge in [-0.1, -0.05) is 0 Å². The van der Waals surface area contributed by atoms with Gasteiger partial charge in [-0.15, -0.1) is 11.8 Å². The molecule has 1 aliphatic rings.